The first kappa shape index (κ1) is 21.6. The van der Waals surface area contributed by atoms with Crippen LogP contribution in [0, 0.1) is 0 Å². The van der Waals surface area contributed by atoms with E-state index in [9.17, 15) is 9.59 Å². The highest BCUT2D eigenvalue weighted by Gasteiger charge is 1.90. The Morgan fingerprint density at radius 2 is 1.33 bits per heavy atom. The maximum Gasteiger partial charge on any atom is 0.330 e. The number of carboxylic acids is 2. The van der Waals surface area contributed by atoms with E-state index in [1.807, 2.05) is 6.92 Å². The monoisotopic (exact) mass is 262 g/mol. The molecule has 0 aromatic heterocycles. The molecule has 0 amide bonds. The van der Waals surface area contributed by atoms with E-state index in [2.05, 4.69) is 13.2 Å². The van der Waals surface area contributed by atoms with Crippen LogP contribution in [0.15, 0.2) is 24.3 Å². The first-order valence-electron chi connectivity index (χ1n) is 5.16. The summed E-state index contributed by atoms with van der Waals surface area (Å²) in [6.07, 6.45) is 0. The molecule has 6 heteroatoms. The number of rotatable bonds is 5. The van der Waals surface area contributed by atoms with Crippen LogP contribution < -0.4 is 0 Å². The third-order valence-corrected chi connectivity index (χ3v) is 1.17. The molecule has 0 radical (unpaired) electrons. The molecule has 18 heavy (non-hydrogen) atoms. The zero-order valence-corrected chi connectivity index (χ0v) is 11.1. The number of aliphatic hydroxyl groups is 1. The molecule has 0 heterocycles. The number of carbonyl (C=O) groups is 2. The molecule has 0 aromatic carbocycles. The van der Waals surface area contributed by atoms with Gasteiger partial charge >= 0.3 is 11.9 Å². The van der Waals surface area contributed by atoms with Gasteiger partial charge in [0.1, 0.15) is 0 Å². The second-order valence-corrected chi connectivity index (χ2v) is 3.09. The highest BCUT2D eigenvalue weighted by atomic mass is 16.5. The Balaban J connectivity index is -0.000000187. The van der Waals surface area contributed by atoms with Crippen molar-refractivity contribution in [3.63, 3.8) is 0 Å². The van der Waals surface area contributed by atoms with E-state index in [1.165, 1.54) is 13.8 Å². The van der Waals surface area contributed by atoms with E-state index in [0.29, 0.717) is 13.2 Å². The van der Waals surface area contributed by atoms with Gasteiger partial charge in [-0.25, -0.2) is 9.59 Å². The van der Waals surface area contributed by atoms with Crippen LogP contribution in [0.4, 0.5) is 0 Å². The number of carboxylic acid groups (broad SMARTS) is 2. The fourth-order valence-corrected chi connectivity index (χ4v) is 0.209. The van der Waals surface area contributed by atoms with Gasteiger partial charge in [-0.3, -0.25) is 0 Å². The van der Waals surface area contributed by atoms with Gasteiger partial charge in [-0.15, -0.1) is 0 Å². The van der Waals surface area contributed by atoms with E-state index >= 15 is 0 Å². The molecule has 6 nitrogen and oxygen atoms in total. The number of hydrogen-bond donors (Lipinski definition) is 3. The first-order chi connectivity index (χ1) is 8.20. The predicted octanol–water partition coefficient (Wildman–Crippen LogP) is 1.31. The molecule has 0 aliphatic heterocycles. The minimum absolute atomic E-state index is 0.133. The van der Waals surface area contributed by atoms with Crippen molar-refractivity contribution in [1.82, 2.24) is 0 Å². The van der Waals surface area contributed by atoms with Gasteiger partial charge in [0, 0.05) is 17.8 Å². The van der Waals surface area contributed by atoms with Gasteiger partial charge in [0.2, 0.25) is 0 Å². The molecule has 0 aliphatic rings. The standard InChI is InChI=1S/2C4H6O2.C4H10O2/c2*1-3(2)4(5)6;1-2-6-4-3-5/h2*1H2,2H3,(H,5,6);5H,2-4H2,1H3. The van der Waals surface area contributed by atoms with Crippen molar-refractivity contribution in [2.75, 3.05) is 19.8 Å². The molecule has 0 fully saturated rings. The van der Waals surface area contributed by atoms with Crippen LogP contribution in [0.1, 0.15) is 20.8 Å². The number of aliphatic hydroxyl groups excluding tert-OH is 1. The van der Waals surface area contributed by atoms with Crippen molar-refractivity contribution in [3.8, 4) is 0 Å². The lowest BCUT2D eigenvalue weighted by Gasteiger charge is -1.91. The minimum Gasteiger partial charge on any atom is -0.478 e. The van der Waals surface area contributed by atoms with Crippen molar-refractivity contribution in [1.29, 1.82) is 0 Å². The summed E-state index contributed by atoms with van der Waals surface area (Å²) < 4.78 is 4.73. The van der Waals surface area contributed by atoms with Gasteiger partial charge in [0.15, 0.2) is 0 Å². The molecule has 0 spiro atoms. The summed E-state index contributed by atoms with van der Waals surface area (Å²) in [5, 5.41) is 23.9. The van der Waals surface area contributed by atoms with Crippen LogP contribution in [0.3, 0.4) is 0 Å². The first-order valence-corrected chi connectivity index (χ1v) is 5.16. The lowest BCUT2D eigenvalue weighted by atomic mass is 10.4. The van der Waals surface area contributed by atoms with Crippen LogP contribution in [0.2, 0.25) is 0 Å². The van der Waals surface area contributed by atoms with Gasteiger partial charge in [-0.05, 0) is 20.8 Å². The van der Waals surface area contributed by atoms with Crippen LogP contribution in [0.5, 0.6) is 0 Å². The van der Waals surface area contributed by atoms with E-state index < -0.39 is 11.9 Å². The molecule has 0 atom stereocenters. The molecular weight excluding hydrogens is 240 g/mol. The van der Waals surface area contributed by atoms with Crippen molar-refractivity contribution < 1.29 is 29.6 Å². The smallest absolute Gasteiger partial charge is 0.330 e. The Morgan fingerprint density at radius 1 is 1.06 bits per heavy atom. The van der Waals surface area contributed by atoms with E-state index in [-0.39, 0.29) is 17.8 Å². The summed E-state index contributed by atoms with van der Waals surface area (Å²) in [7, 11) is 0. The van der Waals surface area contributed by atoms with Crippen LogP contribution >= 0.6 is 0 Å². The van der Waals surface area contributed by atoms with Crippen molar-refractivity contribution in [2.45, 2.75) is 20.8 Å². The van der Waals surface area contributed by atoms with Gasteiger partial charge in [0.25, 0.3) is 0 Å². The Kier molecular flexibility index (Phi) is 18.4. The fraction of sp³-hybridized carbons (Fsp3) is 0.500. The van der Waals surface area contributed by atoms with E-state index in [1.54, 1.807) is 0 Å². The molecule has 3 N–H and O–H groups in total. The second-order valence-electron chi connectivity index (χ2n) is 3.09. The van der Waals surface area contributed by atoms with Gasteiger partial charge in [-0.2, -0.15) is 0 Å². The number of ether oxygens (including phenoxy) is 1. The van der Waals surface area contributed by atoms with E-state index in [0.717, 1.165) is 0 Å². The largest absolute Gasteiger partial charge is 0.478 e. The fourth-order valence-electron chi connectivity index (χ4n) is 0.209. The molecule has 0 saturated carbocycles. The molecule has 0 rings (SSSR count). The summed E-state index contributed by atoms with van der Waals surface area (Å²) in [5.74, 6) is -1.87. The lowest BCUT2D eigenvalue weighted by Crippen LogP contribution is -1.96. The van der Waals surface area contributed by atoms with Crippen molar-refractivity contribution >= 4 is 11.9 Å². The topological polar surface area (TPSA) is 104 Å². The van der Waals surface area contributed by atoms with Gasteiger partial charge in [0.05, 0.1) is 13.2 Å². The lowest BCUT2D eigenvalue weighted by molar-refractivity contribution is -0.133. The van der Waals surface area contributed by atoms with Gasteiger partial charge in [-0.1, -0.05) is 13.2 Å². The molecule has 0 aromatic rings. The zero-order chi connectivity index (χ0) is 15.1. The molecular formula is C12H22O6. The third kappa shape index (κ3) is 29.3. The maximum absolute atomic E-state index is 9.60. The molecule has 0 saturated heterocycles. The molecule has 106 valence electrons. The van der Waals surface area contributed by atoms with Crippen molar-refractivity contribution in [3.05, 3.63) is 24.3 Å². The van der Waals surface area contributed by atoms with E-state index in [4.69, 9.17) is 20.1 Å². The minimum atomic E-state index is -0.935. The SMILES string of the molecule is C=C(C)C(=O)O.C=C(C)C(=O)O.CCOCCO. The summed E-state index contributed by atoms with van der Waals surface area (Å²) in [5.41, 5.74) is 0.352. The molecule has 0 unspecified atom stereocenters. The zero-order valence-electron chi connectivity index (χ0n) is 11.1. The Morgan fingerprint density at radius 3 is 1.39 bits per heavy atom. The maximum atomic E-state index is 9.60. The highest BCUT2D eigenvalue weighted by Crippen LogP contribution is 1.81. The Hall–Kier alpha value is -1.66. The average molecular weight is 262 g/mol. The number of aliphatic carboxylic acids is 2. The summed E-state index contributed by atoms with van der Waals surface area (Å²) >= 11 is 0. The normalized spacial score (nSPS) is 8.00. The molecule has 0 bridgehead atoms. The predicted molar refractivity (Wildman–Crippen MR) is 68.5 cm³/mol. The van der Waals surface area contributed by atoms with Crippen molar-refractivity contribution in [2.24, 2.45) is 0 Å². The number of hydrogen-bond acceptors (Lipinski definition) is 4. The third-order valence-electron chi connectivity index (χ3n) is 1.17. The van der Waals surface area contributed by atoms with Crippen LogP contribution in [-0.4, -0.2) is 47.1 Å². The quantitative estimate of drug-likeness (QED) is 0.509. The molecule has 0 aliphatic carbocycles. The highest BCUT2D eigenvalue weighted by molar-refractivity contribution is 5.85. The summed E-state index contributed by atoms with van der Waals surface area (Å²) in [6, 6.07) is 0. The average Bonchev–Trinajstić information content (AvgIpc) is 2.27. The summed E-state index contributed by atoms with van der Waals surface area (Å²) in [4.78, 5) is 19.2. The second kappa shape index (κ2) is 15.3. The summed E-state index contributed by atoms with van der Waals surface area (Å²) in [6.45, 7) is 12.4. The van der Waals surface area contributed by atoms with Gasteiger partial charge < -0.3 is 20.1 Å². The van der Waals surface area contributed by atoms with Crippen LogP contribution in [0.25, 0.3) is 0 Å². The Bertz CT molecular complexity index is 218. The Labute approximate surface area is 107 Å². The van der Waals surface area contributed by atoms with Crippen LogP contribution in [-0.2, 0) is 14.3 Å².